The lowest BCUT2D eigenvalue weighted by molar-refractivity contribution is -0.222. The summed E-state index contributed by atoms with van der Waals surface area (Å²) in [5.41, 5.74) is 0.376. The number of hydrogen-bond acceptors (Lipinski definition) is 6. The molecule has 0 amide bonds. The molecule has 6 nitrogen and oxygen atoms in total. The van der Waals surface area contributed by atoms with Gasteiger partial charge in [0.05, 0.1) is 13.2 Å². The van der Waals surface area contributed by atoms with E-state index in [0.29, 0.717) is 21.5 Å². The van der Waals surface area contributed by atoms with Crippen LogP contribution in [0, 0.1) is 0 Å². The first-order chi connectivity index (χ1) is 11.1. The lowest BCUT2D eigenvalue weighted by Gasteiger charge is -2.29. The summed E-state index contributed by atoms with van der Waals surface area (Å²) in [7, 11) is 1.51. The maximum Gasteiger partial charge on any atom is 0.348 e. The summed E-state index contributed by atoms with van der Waals surface area (Å²) in [5.74, 6) is -1.70. The molecule has 0 spiro atoms. The Balaban J connectivity index is 2.42. The van der Waals surface area contributed by atoms with Crippen molar-refractivity contribution in [1.29, 1.82) is 0 Å². The molecule has 0 unspecified atom stereocenters. The maximum atomic E-state index is 12.0. The summed E-state index contributed by atoms with van der Waals surface area (Å²) in [6.07, 6.45) is 1.37. The molecule has 1 fully saturated rings. The molecular formula is C17H19BrO6. The van der Waals surface area contributed by atoms with E-state index in [-0.39, 0.29) is 11.7 Å². The van der Waals surface area contributed by atoms with Crippen molar-refractivity contribution in [2.45, 2.75) is 39.6 Å². The predicted molar refractivity (Wildman–Crippen MR) is 90.7 cm³/mol. The van der Waals surface area contributed by atoms with Crippen molar-refractivity contribution in [3.8, 4) is 11.5 Å². The standard InChI is InChI=1S/C17H19BrO6/c1-9(2)22-14-8-12(18)10(7-13(14)21-5)6-11-15(19)23-17(3,4)24-16(11)20/h6-9H,1-5H3. The van der Waals surface area contributed by atoms with Crippen LogP contribution >= 0.6 is 15.9 Å². The van der Waals surface area contributed by atoms with Gasteiger partial charge in [-0.25, -0.2) is 9.59 Å². The van der Waals surface area contributed by atoms with E-state index in [4.69, 9.17) is 18.9 Å². The van der Waals surface area contributed by atoms with Crippen molar-refractivity contribution < 1.29 is 28.5 Å². The van der Waals surface area contributed by atoms with E-state index in [9.17, 15) is 9.59 Å². The predicted octanol–water partition coefficient (Wildman–Crippen LogP) is 3.46. The van der Waals surface area contributed by atoms with Crippen molar-refractivity contribution >= 4 is 33.9 Å². The van der Waals surface area contributed by atoms with Gasteiger partial charge in [0, 0.05) is 18.3 Å². The topological polar surface area (TPSA) is 71.1 Å². The van der Waals surface area contributed by atoms with Gasteiger partial charge in [0.15, 0.2) is 11.5 Å². The van der Waals surface area contributed by atoms with Crippen LogP contribution in [0.2, 0.25) is 0 Å². The lowest BCUT2D eigenvalue weighted by atomic mass is 10.1. The van der Waals surface area contributed by atoms with Crippen LogP contribution in [0.1, 0.15) is 33.3 Å². The smallest absolute Gasteiger partial charge is 0.348 e. The number of rotatable bonds is 4. The van der Waals surface area contributed by atoms with Gasteiger partial charge in [-0.3, -0.25) is 0 Å². The number of ether oxygens (including phenoxy) is 4. The van der Waals surface area contributed by atoms with Gasteiger partial charge >= 0.3 is 11.9 Å². The summed E-state index contributed by atoms with van der Waals surface area (Å²) in [5, 5.41) is 0. The van der Waals surface area contributed by atoms with Crippen LogP contribution in [0.3, 0.4) is 0 Å². The minimum atomic E-state index is -1.27. The lowest BCUT2D eigenvalue weighted by Crippen LogP contribution is -2.41. The third-order valence-corrected chi connectivity index (χ3v) is 3.75. The molecule has 24 heavy (non-hydrogen) atoms. The second kappa shape index (κ2) is 6.84. The molecule has 0 atom stereocenters. The molecular weight excluding hydrogens is 380 g/mol. The maximum absolute atomic E-state index is 12.0. The molecule has 1 aliphatic heterocycles. The first kappa shape index (κ1) is 18.3. The molecule has 130 valence electrons. The summed E-state index contributed by atoms with van der Waals surface area (Å²) in [6, 6.07) is 3.38. The third kappa shape index (κ3) is 4.08. The minimum Gasteiger partial charge on any atom is -0.493 e. The first-order valence-corrected chi connectivity index (χ1v) is 8.15. The molecule has 1 saturated heterocycles. The van der Waals surface area contributed by atoms with E-state index >= 15 is 0 Å². The molecule has 7 heteroatoms. The van der Waals surface area contributed by atoms with Crippen LogP contribution in [0.4, 0.5) is 0 Å². The van der Waals surface area contributed by atoms with Crippen molar-refractivity contribution in [2.24, 2.45) is 0 Å². The Morgan fingerprint density at radius 2 is 1.71 bits per heavy atom. The van der Waals surface area contributed by atoms with E-state index < -0.39 is 17.7 Å². The van der Waals surface area contributed by atoms with E-state index in [2.05, 4.69) is 15.9 Å². The molecule has 1 aromatic carbocycles. The van der Waals surface area contributed by atoms with Crippen LogP contribution in [0.15, 0.2) is 22.2 Å². The highest BCUT2D eigenvalue weighted by Crippen LogP contribution is 2.36. The second-order valence-electron chi connectivity index (χ2n) is 5.93. The summed E-state index contributed by atoms with van der Waals surface area (Å²) in [6.45, 7) is 6.80. The summed E-state index contributed by atoms with van der Waals surface area (Å²) >= 11 is 3.41. The molecule has 1 heterocycles. The first-order valence-electron chi connectivity index (χ1n) is 7.35. The zero-order chi connectivity index (χ0) is 18.1. The number of carbonyl (C=O) groups is 2. The van der Waals surface area contributed by atoms with Crippen molar-refractivity contribution in [1.82, 2.24) is 0 Å². The fourth-order valence-electron chi connectivity index (χ4n) is 2.10. The van der Waals surface area contributed by atoms with Gasteiger partial charge in [-0.1, -0.05) is 15.9 Å². The number of esters is 2. The van der Waals surface area contributed by atoms with Gasteiger partial charge in [0.1, 0.15) is 5.57 Å². The third-order valence-electron chi connectivity index (χ3n) is 3.06. The quantitative estimate of drug-likeness (QED) is 0.439. The van der Waals surface area contributed by atoms with Gasteiger partial charge in [-0.15, -0.1) is 0 Å². The molecule has 0 radical (unpaired) electrons. The zero-order valence-corrected chi connectivity index (χ0v) is 15.7. The Labute approximate surface area is 148 Å². The van der Waals surface area contributed by atoms with Gasteiger partial charge < -0.3 is 18.9 Å². The molecule has 0 bridgehead atoms. The minimum absolute atomic E-state index is 0.0273. The fraction of sp³-hybridized carbons (Fsp3) is 0.412. The summed E-state index contributed by atoms with van der Waals surface area (Å²) < 4.78 is 21.8. The van der Waals surface area contributed by atoms with E-state index in [1.165, 1.54) is 27.0 Å². The van der Waals surface area contributed by atoms with Crippen molar-refractivity contribution in [3.05, 3.63) is 27.7 Å². The number of halogens is 1. The van der Waals surface area contributed by atoms with Gasteiger partial charge in [-0.05, 0) is 37.6 Å². The fourth-order valence-corrected chi connectivity index (χ4v) is 2.54. The normalized spacial score (nSPS) is 16.5. The van der Waals surface area contributed by atoms with E-state index in [0.717, 1.165) is 0 Å². The van der Waals surface area contributed by atoms with Crippen LogP contribution in [0.5, 0.6) is 11.5 Å². The van der Waals surface area contributed by atoms with Crippen molar-refractivity contribution in [2.75, 3.05) is 7.11 Å². The van der Waals surface area contributed by atoms with Crippen LogP contribution in [-0.2, 0) is 19.1 Å². The Morgan fingerprint density at radius 3 is 2.21 bits per heavy atom. The highest BCUT2D eigenvalue weighted by atomic mass is 79.9. The Kier molecular flexibility index (Phi) is 5.22. The molecule has 2 rings (SSSR count). The number of cyclic esters (lactones) is 2. The Hall–Kier alpha value is -2.02. The van der Waals surface area contributed by atoms with E-state index in [1.54, 1.807) is 12.1 Å². The summed E-state index contributed by atoms with van der Waals surface area (Å²) in [4.78, 5) is 24.1. The SMILES string of the molecule is COc1cc(C=C2C(=O)OC(C)(C)OC2=O)c(Br)cc1OC(C)C. The average Bonchev–Trinajstić information content (AvgIpc) is 2.43. The zero-order valence-electron chi connectivity index (χ0n) is 14.1. The molecule has 1 aliphatic rings. The number of carbonyl (C=O) groups excluding carboxylic acids is 2. The van der Waals surface area contributed by atoms with Crippen LogP contribution < -0.4 is 9.47 Å². The van der Waals surface area contributed by atoms with Gasteiger partial charge in [0.25, 0.3) is 5.79 Å². The molecule has 0 aromatic heterocycles. The van der Waals surface area contributed by atoms with Crippen LogP contribution in [-0.4, -0.2) is 30.9 Å². The average molecular weight is 399 g/mol. The number of methoxy groups -OCH3 is 1. The highest BCUT2D eigenvalue weighted by molar-refractivity contribution is 9.10. The van der Waals surface area contributed by atoms with Gasteiger partial charge in [0.2, 0.25) is 0 Å². The van der Waals surface area contributed by atoms with Crippen molar-refractivity contribution in [3.63, 3.8) is 0 Å². The molecule has 0 aliphatic carbocycles. The monoisotopic (exact) mass is 398 g/mol. The Bertz CT molecular complexity index is 683. The van der Waals surface area contributed by atoms with E-state index in [1.807, 2.05) is 13.8 Å². The number of benzene rings is 1. The Morgan fingerprint density at radius 1 is 1.12 bits per heavy atom. The number of hydrogen-bond donors (Lipinski definition) is 0. The molecule has 0 N–H and O–H groups in total. The molecule has 1 aromatic rings. The van der Waals surface area contributed by atoms with Gasteiger partial charge in [-0.2, -0.15) is 0 Å². The highest BCUT2D eigenvalue weighted by Gasteiger charge is 2.39. The van der Waals surface area contributed by atoms with Crippen LogP contribution in [0.25, 0.3) is 6.08 Å². The second-order valence-corrected chi connectivity index (χ2v) is 6.78. The largest absolute Gasteiger partial charge is 0.493 e. The molecule has 0 saturated carbocycles.